The summed E-state index contributed by atoms with van der Waals surface area (Å²) >= 11 is 0. The third-order valence-corrected chi connectivity index (χ3v) is 6.98. The molecule has 158 valence electrons. The third-order valence-electron chi connectivity index (χ3n) is 4.22. The van der Waals surface area contributed by atoms with Crippen LogP contribution in [0, 0.1) is 25.5 Å². The SMILES string of the molecule is Cc1cccc(NS(=O)(=O)c2ccc(C)c(NS(=O)(=O)c3cc(F)ccc3F)c2)c1. The van der Waals surface area contributed by atoms with E-state index in [-0.39, 0.29) is 10.6 Å². The highest BCUT2D eigenvalue weighted by atomic mass is 32.2. The monoisotopic (exact) mass is 452 g/mol. The Kier molecular flexibility index (Phi) is 5.82. The zero-order chi connectivity index (χ0) is 22.1. The molecule has 3 rings (SSSR count). The Morgan fingerprint density at radius 1 is 0.767 bits per heavy atom. The minimum Gasteiger partial charge on any atom is -0.280 e. The van der Waals surface area contributed by atoms with Gasteiger partial charge in [-0.3, -0.25) is 9.44 Å². The summed E-state index contributed by atoms with van der Waals surface area (Å²) < 4.78 is 82.4. The van der Waals surface area contributed by atoms with Gasteiger partial charge in [-0.2, -0.15) is 0 Å². The summed E-state index contributed by atoms with van der Waals surface area (Å²) in [6.45, 7) is 3.35. The third kappa shape index (κ3) is 4.77. The molecule has 3 aromatic carbocycles. The van der Waals surface area contributed by atoms with E-state index >= 15 is 0 Å². The Labute approximate surface area is 173 Å². The second kappa shape index (κ2) is 8.04. The first-order chi connectivity index (χ1) is 14.0. The predicted molar refractivity (Wildman–Crippen MR) is 110 cm³/mol. The molecule has 0 saturated carbocycles. The highest BCUT2D eigenvalue weighted by Gasteiger charge is 2.22. The summed E-state index contributed by atoms with van der Waals surface area (Å²) in [5, 5.41) is 0. The molecule has 0 radical (unpaired) electrons. The molecule has 6 nitrogen and oxygen atoms in total. The molecule has 30 heavy (non-hydrogen) atoms. The average Bonchev–Trinajstić information content (AvgIpc) is 2.64. The number of benzene rings is 3. The van der Waals surface area contributed by atoms with Crippen LogP contribution in [0.15, 0.2) is 70.5 Å². The van der Waals surface area contributed by atoms with E-state index in [4.69, 9.17) is 0 Å². The highest BCUT2D eigenvalue weighted by molar-refractivity contribution is 7.93. The van der Waals surface area contributed by atoms with Gasteiger partial charge in [-0.25, -0.2) is 25.6 Å². The molecule has 0 fully saturated rings. The largest absolute Gasteiger partial charge is 0.280 e. The van der Waals surface area contributed by atoms with E-state index in [9.17, 15) is 25.6 Å². The summed E-state index contributed by atoms with van der Waals surface area (Å²) in [4.78, 5) is -1.08. The Hall–Kier alpha value is -2.98. The fourth-order valence-electron chi connectivity index (χ4n) is 2.68. The number of anilines is 2. The van der Waals surface area contributed by atoms with Gasteiger partial charge in [0.2, 0.25) is 0 Å². The quantitative estimate of drug-likeness (QED) is 0.587. The average molecular weight is 453 g/mol. The normalized spacial score (nSPS) is 11.9. The maximum Gasteiger partial charge on any atom is 0.264 e. The summed E-state index contributed by atoms with van der Waals surface area (Å²) in [6, 6.07) is 12.6. The molecule has 0 atom stereocenters. The summed E-state index contributed by atoms with van der Waals surface area (Å²) in [7, 11) is -8.52. The molecule has 10 heteroatoms. The van der Waals surface area contributed by atoms with Crippen LogP contribution in [-0.2, 0) is 20.0 Å². The van der Waals surface area contributed by atoms with Crippen molar-refractivity contribution in [3.63, 3.8) is 0 Å². The van der Waals surface area contributed by atoms with Crippen molar-refractivity contribution in [3.05, 3.63) is 83.4 Å². The van der Waals surface area contributed by atoms with Crippen LogP contribution in [0.25, 0.3) is 0 Å². The first-order valence-electron chi connectivity index (χ1n) is 8.66. The van der Waals surface area contributed by atoms with Crippen molar-refractivity contribution in [2.45, 2.75) is 23.6 Å². The van der Waals surface area contributed by atoms with Crippen molar-refractivity contribution in [2.75, 3.05) is 9.44 Å². The molecule has 0 unspecified atom stereocenters. The van der Waals surface area contributed by atoms with Gasteiger partial charge in [-0.1, -0.05) is 18.2 Å². The lowest BCUT2D eigenvalue weighted by molar-refractivity contribution is 0.555. The Morgan fingerprint density at radius 3 is 2.20 bits per heavy atom. The predicted octanol–water partition coefficient (Wildman–Crippen LogP) is 4.18. The fraction of sp³-hybridized carbons (Fsp3) is 0.100. The van der Waals surface area contributed by atoms with Gasteiger partial charge in [0.05, 0.1) is 10.6 Å². The van der Waals surface area contributed by atoms with Crippen LogP contribution in [0.4, 0.5) is 20.2 Å². The molecule has 0 amide bonds. The van der Waals surface area contributed by atoms with Gasteiger partial charge in [0.1, 0.15) is 16.5 Å². The number of hydrogen-bond donors (Lipinski definition) is 2. The zero-order valence-corrected chi connectivity index (χ0v) is 17.6. The first kappa shape index (κ1) is 21.7. The molecule has 0 aliphatic rings. The van der Waals surface area contributed by atoms with Crippen LogP contribution < -0.4 is 9.44 Å². The van der Waals surface area contributed by atoms with Crippen LogP contribution in [-0.4, -0.2) is 16.8 Å². The standard InChI is InChI=1S/C20H18F2N2O4S2/c1-13-4-3-5-16(10-13)23-29(25,26)17-8-6-14(2)19(12-17)24-30(27,28)20-11-15(21)7-9-18(20)22/h3-12,23-24H,1-2H3. The van der Waals surface area contributed by atoms with Gasteiger partial charge in [0.15, 0.2) is 0 Å². The van der Waals surface area contributed by atoms with E-state index in [1.165, 1.54) is 12.1 Å². The van der Waals surface area contributed by atoms with Crippen LogP contribution >= 0.6 is 0 Å². The zero-order valence-electron chi connectivity index (χ0n) is 16.0. The summed E-state index contributed by atoms with van der Waals surface area (Å²) in [6.07, 6.45) is 0. The molecule has 0 bridgehead atoms. The molecular weight excluding hydrogens is 434 g/mol. The smallest absolute Gasteiger partial charge is 0.264 e. The van der Waals surface area contributed by atoms with Crippen LogP contribution in [0.5, 0.6) is 0 Å². The van der Waals surface area contributed by atoms with Gasteiger partial charge < -0.3 is 0 Å². The molecule has 0 aliphatic carbocycles. The number of hydrogen-bond acceptors (Lipinski definition) is 4. The van der Waals surface area contributed by atoms with Gasteiger partial charge in [-0.05, 0) is 67.4 Å². The van der Waals surface area contributed by atoms with E-state index in [1.807, 2.05) is 13.0 Å². The van der Waals surface area contributed by atoms with E-state index < -0.39 is 36.6 Å². The Balaban J connectivity index is 1.96. The highest BCUT2D eigenvalue weighted by Crippen LogP contribution is 2.26. The molecule has 0 saturated heterocycles. The van der Waals surface area contributed by atoms with Gasteiger partial charge in [-0.15, -0.1) is 0 Å². The van der Waals surface area contributed by atoms with E-state index in [2.05, 4.69) is 9.44 Å². The molecule has 2 N–H and O–H groups in total. The van der Waals surface area contributed by atoms with Crippen molar-refractivity contribution in [3.8, 4) is 0 Å². The molecular formula is C20H18F2N2O4S2. The second-order valence-electron chi connectivity index (χ2n) is 6.63. The molecule has 0 aliphatic heterocycles. The van der Waals surface area contributed by atoms with Crippen molar-refractivity contribution < 1.29 is 25.6 Å². The minimum absolute atomic E-state index is 0.0780. The second-order valence-corrected chi connectivity index (χ2v) is 9.97. The molecule has 3 aromatic rings. The maximum atomic E-state index is 13.9. The summed E-state index contributed by atoms with van der Waals surface area (Å²) in [5.41, 5.74) is 1.51. The van der Waals surface area contributed by atoms with E-state index in [0.29, 0.717) is 23.4 Å². The molecule has 0 spiro atoms. The number of nitrogens with one attached hydrogen (secondary N) is 2. The number of halogens is 2. The van der Waals surface area contributed by atoms with E-state index in [0.717, 1.165) is 17.7 Å². The van der Waals surface area contributed by atoms with Crippen LogP contribution in [0.2, 0.25) is 0 Å². The Bertz CT molecular complexity index is 1320. The lowest BCUT2D eigenvalue weighted by Crippen LogP contribution is -2.17. The van der Waals surface area contributed by atoms with Gasteiger partial charge >= 0.3 is 0 Å². The number of aryl methyl sites for hydroxylation is 2. The van der Waals surface area contributed by atoms with Crippen molar-refractivity contribution >= 4 is 31.4 Å². The van der Waals surface area contributed by atoms with E-state index in [1.54, 1.807) is 25.1 Å². The van der Waals surface area contributed by atoms with Crippen molar-refractivity contribution in [1.82, 2.24) is 0 Å². The minimum atomic E-state index is -4.50. The molecule has 0 aromatic heterocycles. The molecule has 0 heterocycles. The number of sulfonamides is 2. The number of rotatable bonds is 6. The van der Waals surface area contributed by atoms with Crippen molar-refractivity contribution in [1.29, 1.82) is 0 Å². The first-order valence-corrected chi connectivity index (χ1v) is 11.6. The fourth-order valence-corrected chi connectivity index (χ4v) is 4.97. The van der Waals surface area contributed by atoms with Crippen molar-refractivity contribution in [2.24, 2.45) is 0 Å². The lowest BCUT2D eigenvalue weighted by atomic mass is 10.2. The lowest BCUT2D eigenvalue weighted by Gasteiger charge is -2.14. The van der Waals surface area contributed by atoms with Crippen LogP contribution in [0.1, 0.15) is 11.1 Å². The Morgan fingerprint density at radius 2 is 1.50 bits per heavy atom. The summed E-state index contributed by atoms with van der Waals surface area (Å²) in [5.74, 6) is -2.06. The van der Waals surface area contributed by atoms with Gasteiger partial charge in [0, 0.05) is 5.69 Å². The maximum absolute atomic E-state index is 13.9. The topological polar surface area (TPSA) is 92.3 Å². The van der Waals surface area contributed by atoms with Gasteiger partial charge in [0.25, 0.3) is 20.0 Å². The van der Waals surface area contributed by atoms with Crippen LogP contribution in [0.3, 0.4) is 0 Å².